The molecule has 158 valence electrons. The second-order valence-electron chi connectivity index (χ2n) is 7.44. The Morgan fingerprint density at radius 1 is 0.839 bits per heavy atom. The van der Waals surface area contributed by atoms with Crippen LogP contribution < -0.4 is 15.0 Å². The topological polar surface area (TPSA) is 58.6 Å². The summed E-state index contributed by atoms with van der Waals surface area (Å²) >= 11 is 0. The fourth-order valence-corrected chi connectivity index (χ4v) is 3.55. The second-order valence-corrected chi connectivity index (χ2v) is 7.44. The average Bonchev–Trinajstić information content (AvgIpc) is 3.34. The Morgan fingerprint density at radius 2 is 1.42 bits per heavy atom. The van der Waals surface area contributed by atoms with Gasteiger partial charge in [0, 0.05) is 35.6 Å². The van der Waals surface area contributed by atoms with Crippen LogP contribution in [0, 0.1) is 5.82 Å². The van der Waals surface area contributed by atoms with E-state index in [4.69, 9.17) is 4.74 Å². The molecule has 3 aromatic rings. The SMILES string of the molecule is O=C(COc1ccc(C(=O)c2ccc(F)cc2)cc1)Nc1ccc(N2CCCC2)cc1. The van der Waals surface area contributed by atoms with Crippen LogP contribution >= 0.6 is 0 Å². The predicted octanol–water partition coefficient (Wildman–Crippen LogP) is 4.67. The fourth-order valence-electron chi connectivity index (χ4n) is 3.55. The minimum Gasteiger partial charge on any atom is -0.484 e. The third-order valence-corrected chi connectivity index (χ3v) is 5.22. The first-order valence-corrected chi connectivity index (χ1v) is 10.3. The number of ketones is 1. The first-order chi connectivity index (χ1) is 15.1. The summed E-state index contributed by atoms with van der Waals surface area (Å²) in [5.41, 5.74) is 2.76. The van der Waals surface area contributed by atoms with Gasteiger partial charge in [0.25, 0.3) is 5.91 Å². The molecular weight excluding hydrogens is 395 g/mol. The summed E-state index contributed by atoms with van der Waals surface area (Å²) in [7, 11) is 0. The van der Waals surface area contributed by atoms with E-state index in [0.29, 0.717) is 16.9 Å². The lowest BCUT2D eigenvalue weighted by Gasteiger charge is -2.17. The molecule has 1 aliphatic rings. The Hall–Kier alpha value is -3.67. The van der Waals surface area contributed by atoms with Gasteiger partial charge in [-0.1, -0.05) is 0 Å². The highest BCUT2D eigenvalue weighted by molar-refractivity contribution is 6.09. The van der Waals surface area contributed by atoms with Crippen LogP contribution in [0.1, 0.15) is 28.8 Å². The fraction of sp³-hybridized carbons (Fsp3) is 0.200. The van der Waals surface area contributed by atoms with E-state index < -0.39 is 0 Å². The summed E-state index contributed by atoms with van der Waals surface area (Å²) in [6, 6.07) is 19.7. The Balaban J connectivity index is 1.28. The molecule has 3 aromatic carbocycles. The maximum absolute atomic E-state index is 13.0. The minimum atomic E-state index is -0.388. The molecule has 1 fully saturated rings. The number of benzene rings is 3. The molecule has 1 heterocycles. The van der Waals surface area contributed by atoms with Crippen LogP contribution in [-0.2, 0) is 4.79 Å². The van der Waals surface area contributed by atoms with E-state index in [1.807, 2.05) is 24.3 Å². The standard InChI is InChI=1S/C25H23FN2O3/c26-20-7-3-18(4-8-20)25(30)19-5-13-23(14-6-19)31-17-24(29)27-21-9-11-22(12-10-21)28-15-1-2-16-28/h3-14H,1-2,15-17H2,(H,27,29). The summed E-state index contributed by atoms with van der Waals surface area (Å²) < 4.78 is 18.5. The number of carbonyl (C=O) groups is 2. The van der Waals surface area contributed by atoms with Crippen LogP contribution in [0.5, 0.6) is 5.75 Å². The minimum absolute atomic E-state index is 0.140. The highest BCUT2D eigenvalue weighted by Gasteiger charge is 2.13. The number of amides is 1. The lowest BCUT2D eigenvalue weighted by Crippen LogP contribution is -2.20. The Morgan fingerprint density at radius 3 is 2.03 bits per heavy atom. The Labute approximate surface area is 180 Å². The van der Waals surface area contributed by atoms with Gasteiger partial charge < -0.3 is 15.0 Å². The molecule has 0 unspecified atom stereocenters. The van der Waals surface area contributed by atoms with Crippen molar-refractivity contribution in [3.63, 3.8) is 0 Å². The number of hydrogen-bond donors (Lipinski definition) is 1. The second kappa shape index (κ2) is 9.43. The number of anilines is 2. The third-order valence-electron chi connectivity index (χ3n) is 5.22. The molecule has 31 heavy (non-hydrogen) atoms. The zero-order valence-electron chi connectivity index (χ0n) is 17.0. The molecule has 0 bridgehead atoms. The summed E-state index contributed by atoms with van der Waals surface area (Å²) in [6.45, 7) is 2.01. The maximum atomic E-state index is 13.0. The molecule has 1 aliphatic heterocycles. The number of rotatable bonds is 7. The zero-order chi connectivity index (χ0) is 21.6. The number of hydrogen-bond acceptors (Lipinski definition) is 4. The van der Waals surface area contributed by atoms with Gasteiger partial charge >= 0.3 is 0 Å². The number of carbonyl (C=O) groups excluding carboxylic acids is 2. The van der Waals surface area contributed by atoms with Crippen molar-refractivity contribution in [3.8, 4) is 5.75 Å². The molecule has 5 nitrogen and oxygen atoms in total. The quantitative estimate of drug-likeness (QED) is 0.567. The van der Waals surface area contributed by atoms with E-state index >= 15 is 0 Å². The highest BCUT2D eigenvalue weighted by Crippen LogP contribution is 2.22. The Bertz CT molecular complexity index is 1040. The first kappa shape index (κ1) is 20.6. The van der Waals surface area contributed by atoms with Crippen molar-refractivity contribution in [1.29, 1.82) is 0 Å². The molecule has 6 heteroatoms. The van der Waals surface area contributed by atoms with Gasteiger partial charge in [0.15, 0.2) is 12.4 Å². The molecule has 0 spiro atoms. The van der Waals surface area contributed by atoms with Crippen LogP contribution in [-0.4, -0.2) is 31.4 Å². The van der Waals surface area contributed by atoms with Crippen molar-refractivity contribution < 1.29 is 18.7 Å². The van der Waals surface area contributed by atoms with Crippen LogP contribution in [0.3, 0.4) is 0 Å². The molecule has 0 aromatic heterocycles. The summed E-state index contributed by atoms with van der Waals surface area (Å²) in [5.74, 6) is -0.377. The summed E-state index contributed by atoms with van der Waals surface area (Å²) in [4.78, 5) is 26.9. The smallest absolute Gasteiger partial charge is 0.262 e. The van der Waals surface area contributed by atoms with Gasteiger partial charge in [-0.25, -0.2) is 4.39 Å². The summed E-state index contributed by atoms with van der Waals surface area (Å²) in [5, 5.41) is 2.82. The molecule has 0 atom stereocenters. The van der Waals surface area contributed by atoms with E-state index in [1.165, 1.54) is 42.8 Å². The van der Waals surface area contributed by atoms with Crippen molar-refractivity contribution in [2.75, 3.05) is 29.9 Å². The van der Waals surface area contributed by atoms with Gasteiger partial charge in [-0.2, -0.15) is 0 Å². The third kappa shape index (κ3) is 5.28. The van der Waals surface area contributed by atoms with Crippen LogP contribution in [0.25, 0.3) is 0 Å². The predicted molar refractivity (Wildman–Crippen MR) is 118 cm³/mol. The molecule has 1 amide bonds. The molecule has 1 N–H and O–H groups in total. The maximum Gasteiger partial charge on any atom is 0.262 e. The summed E-state index contributed by atoms with van der Waals surface area (Å²) in [6.07, 6.45) is 2.44. The van der Waals surface area contributed by atoms with Crippen LogP contribution in [0.15, 0.2) is 72.8 Å². The van der Waals surface area contributed by atoms with E-state index in [1.54, 1.807) is 24.3 Å². The number of ether oxygens (including phenoxy) is 1. The van der Waals surface area contributed by atoms with Gasteiger partial charge in [-0.05, 0) is 85.6 Å². The van der Waals surface area contributed by atoms with Gasteiger partial charge in [0.1, 0.15) is 11.6 Å². The van der Waals surface area contributed by atoms with Gasteiger partial charge in [0.05, 0.1) is 0 Å². The van der Waals surface area contributed by atoms with Crippen molar-refractivity contribution in [2.24, 2.45) is 0 Å². The van der Waals surface area contributed by atoms with Crippen molar-refractivity contribution in [1.82, 2.24) is 0 Å². The van der Waals surface area contributed by atoms with Crippen molar-refractivity contribution in [3.05, 3.63) is 89.7 Å². The molecule has 0 aliphatic carbocycles. The average molecular weight is 418 g/mol. The highest BCUT2D eigenvalue weighted by atomic mass is 19.1. The Kier molecular flexibility index (Phi) is 6.26. The lowest BCUT2D eigenvalue weighted by molar-refractivity contribution is -0.118. The molecule has 4 rings (SSSR count). The number of nitrogens with one attached hydrogen (secondary N) is 1. The van der Waals surface area contributed by atoms with Crippen molar-refractivity contribution >= 4 is 23.1 Å². The molecular formula is C25H23FN2O3. The number of nitrogens with zero attached hydrogens (tertiary/aromatic N) is 1. The largest absolute Gasteiger partial charge is 0.484 e. The number of halogens is 1. The van der Waals surface area contributed by atoms with Crippen molar-refractivity contribution in [2.45, 2.75) is 12.8 Å². The monoisotopic (exact) mass is 418 g/mol. The van der Waals surface area contributed by atoms with E-state index in [9.17, 15) is 14.0 Å². The normalized spacial score (nSPS) is 13.1. The first-order valence-electron chi connectivity index (χ1n) is 10.3. The van der Waals surface area contributed by atoms with Gasteiger partial charge in [-0.3, -0.25) is 9.59 Å². The zero-order valence-corrected chi connectivity index (χ0v) is 17.0. The molecule has 0 saturated carbocycles. The van der Waals surface area contributed by atoms with Gasteiger partial charge in [-0.15, -0.1) is 0 Å². The van der Waals surface area contributed by atoms with Crippen LogP contribution in [0.2, 0.25) is 0 Å². The van der Waals surface area contributed by atoms with E-state index in [2.05, 4.69) is 10.2 Å². The van der Waals surface area contributed by atoms with E-state index in [-0.39, 0.29) is 24.1 Å². The molecule has 1 saturated heterocycles. The van der Waals surface area contributed by atoms with E-state index in [0.717, 1.165) is 18.8 Å². The van der Waals surface area contributed by atoms with Gasteiger partial charge in [0.2, 0.25) is 0 Å². The lowest BCUT2D eigenvalue weighted by atomic mass is 10.0. The van der Waals surface area contributed by atoms with Crippen LogP contribution in [0.4, 0.5) is 15.8 Å². The molecule has 0 radical (unpaired) electrons.